The van der Waals surface area contributed by atoms with Crippen LogP contribution < -0.4 is 10.6 Å². The first-order chi connectivity index (χ1) is 5.81. The van der Waals surface area contributed by atoms with E-state index in [2.05, 4.69) is 10.6 Å². The Balaban J connectivity index is 3.17. The quantitative estimate of drug-likeness (QED) is 0.551. The van der Waals surface area contributed by atoms with Crippen molar-refractivity contribution < 1.29 is 4.79 Å². The number of nitrogens with zero attached hydrogens (tertiary/aromatic N) is 1. The van der Waals surface area contributed by atoms with Crippen molar-refractivity contribution in [3.05, 3.63) is 0 Å². The van der Waals surface area contributed by atoms with Crippen molar-refractivity contribution in [3.8, 4) is 6.07 Å². The summed E-state index contributed by atoms with van der Waals surface area (Å²) in [5.41, 5.74) is 0. The Labute approximate surface area is 72.9 Å². The molecule has 0 aromatic carbocycles. The molecule has 0 aliphatic rings. The number of carbonyl (C=O) groups excluding carboxylic acids is 1. The Bertz CT molecular complexity index is 162. The monoisotopic (exact) mass is 169 g/mol. The molecule has 0 aliphatic carbocycles. The van der Waals surface area contributed by atoms with Crippen molar-refractivity contribution in [2.24, 2.45) is 0 Å². The molecule has 4 nitrogen and oxygen atoms in total. The molecular formula is C8H15N3O. The van der Waals surface area contributed by atoms with Crippen molar-refractivity contribution in [1.82, 2.24) is 10.6 Å². The van der Waals surface area contributed by atoms with Gasteiger partial charge in [-0.05, 0) is 20.0 Å². The first kappa shape index (κ1) is 10.9. The summed E-state index contributed by atoms with van der Waals surface area (Å²) in [6.45, 7) is 1.32. The summed E-state index contributed by atoms with van der Waals surface area (Å²) in [4.78, 5) is 10.9. The highest BCUT2D eigenvalue weighted by atomic mass is 16.1. The molecule has 4 heteroatoms. The fourth-order valence-electron chi connectivity index (χ4n) is 0.772. The van der Waals surface area contributed by atoms with Crippen LogP contribution in [0.4, 0.5) is 0 Å². The van der Waals surface area contributed by atoms with Crippen LogP contribution in [0.15, 0.2) is 0 Å². The Kier molecular flexibility index (Phi) is 7.30. The van der Waals surface area contributed by atoms with Crippen molar-refractivity contribution in [2.45, 2.75) is 19.3 Å². The predicted molar refractivity (Wildman–Crippen MR) is 46.4 cm³/mol. The van der Waals surface area contributed by atoms with Gasteiger partial charge >= 0.3 is 0 Å². The summed E-state index contributed by atoms with van der Waals surface area (Å²) >= 11 is 0. The van der Waals surface area contributed by atoms with Gasteiger partial charge in [0.15, 0.2) is 0 Å². The largest absolute Gasteiger partial charge is 0.355 e. The van der Waals surface area contributed by atoms with Crippen molar-refractivity contribution >= 4 is 5.91 Å². The van der Waals surface area contributed by atoms with E-state index in [9.17, 15) is 4.79 Å². The molecule has 0 atom stereocenters. The third kappa shape index (κ3) is 7.03. The van der Waals surface area contributed by atoms with Gasteiger partial charge < -0.3 is 10.6 Å². The van der Waals surface area contributed by atoms with Gasteiger partial charge in [-0.2, -0.15) is 5.26 Å². The average Bonchev–Trinajstić information content (AvgIpc) is 2.06. The smallest absolute Gasteiger partial charge is 0.220 e. The zero-order valence-electron chi connectivity index (χ0n) is 7.39. The van der Waals surface area contributed by atoms with Crippen LogP contribution in [0.2, 0.25) is 0 Å². The Morgan fingerprint density at radius 2 is 2.25 bits per heavy atom. The van der Waals surface area contributed by atoms with Gasteiger partial charge in [-0.1, -0.05) is 0 Å². The van der Waals surface area contributed by atoms with E-state index < -0.39 is 0 Å². The lowest BCUT2D eigenvalue weighted by molar-refractivity contribution is -0.121. The second-order valence-corrected chi connectivity index (χ2v) is 2.47. The maximum absolute atomic E-state index is 10.9. The molecule has 68 valence electrons. The zero-order chi connectivity index (χ0) is 9.23. The van der Waals surface area contributed by atoms with E-state index in [1.165, 1.54) is 0 Å². The summed E-state index contributed by atoms with van der Waals surface area (Å²) in [6.07, 6.45) is 1.76. The third-order valence-electron chi connectivity index (χ3n) is 1.39. The summed E-state index contributed by atoms with van der Waals surface area (Å²) < 4.78 is 0. The van der Waals surface area contributed by atoms with Gasteiger partial charge in [0.05, 0.1) is 12.5 Å². The van der Waals surface area contributed by atoms with Gasteiger partial charge in [-0.15, -0.1) is 0 Å². The molecule has 0 aromatic heterocycles. The lowest BCUT2D eigenvalue weighted by Gasteiger charge is -2.01. The second kappa shape index (κ2) is 8.02. The van der Waals surface area contributed by atoms with Gasteiger partial charge in [0.2, 0.25) is 5.91 Å². The maximum atomic E-state index is 10.9. The minimum atomic E-state index is 0.0282. The van der Waals surface area contributed by atoms with Crippen molar-refractivity contribution in [1.29, 1.82) is 5.26 Å². The SMILES string of the molecule is CNCCCC(=O)NCCC#N. The highest BCUT2D eigenvalue weighted by molar-refractivity contribution is 5.75. The van der Waals surface area contributed by atoms with E-state index in [-0.39, 0.29) is 5.91 Å². The van der Waals surface area contributed by atoms with Crippen LogP contribution in [0, 0.1) is 11.3 Å². The molecule has 0 saturated heterocycles. The summed E-state index contributed by atoms with van der Waals surface area (Å²) in [5.74, 6) is 0.0282. The van der Waals surface area contributed by atoms with Crippen molar-refractivity contribution in [2.75, 3.05) is 20.1 Å². The second-order valence-electron chi connectivity index (χ2n) is 2.47. The number of rotatable bonds is 6. The first-order valence-corrected chi connectivity index (χ1v) is 4.09. The van der Waals surface area contributed by atoms with Gasteiger partial charge in [0, 0.05) is 13.0 Å². The molecule has 2 N–H and O–H groups in total. The summed E-state index contributed by atoms with van der Waals surface area (Å²) in [6, 6.07) is 1.96. The van der Waals surface area contributed by atoms with Crippen LogP contribution in [0.25, 0.3) is 0 Å². The summed E-state index contributed by atoms with van der Waals surface area (Å²) in [7, 11) is 1.85. The lowest BCUT2D eigenvalue weighted by atomic mass is 10.3. The van der Waals surface area contributed by atoms with Crippen LogP contribution in [0.5, 0.6) is 0 Å². The van der Waals surface area contributed by atoms with Crippen LogP contribution in [-0.4, -0.2) is 26.0 Å². The van der Waals surface area contributed by atoms with Crippen LogP contribution in [-0.2, 0) is 4.79 Å². The molecule has 12 heavy (non-hydrogen) atoms. The molecule has 0 bridgehead atoms. The van der Waals surface area contributed by atoms with Crippen LogP contribution in [0.1, 0.15) is 19.3 Å². The van der Waals surface area contributed by atoms with Crippen LogP contribution >= 0.6 is 0 Å². The molecule has 0 rings (SSSR count). The fourth-order valence-corrected chi connectivity index (χ4v) is 0.772. The number of carbonyl (C=O) groups is 1. The van der Waals surface area contributed by atoms with Gasteiger partial charge in [0.25, 0.3) is 0 Å². The van der Waals surface area contributed by atoms with Gasteiger partial charge in [-0.25, -0.2) is 0 Å². The van der Waals surface area contributed by atoms with E-state index in [0.717, 1.165) is 13.0 Å². The molecule has 0 spiro atoms. The van der Waals surface area contributed by atoms with E-state index in [0.29, 0.717) is 19.4 Å². The standard InChI is InChI=1S/C8H15N3O/c1-10-6-2-4-8(12)11-7-3-5-9/h10H,2-4,6-7H2,1H3,(H,11,12). The molecule has 0 aliphatic heterocycles. The lowest BCUT2D eigenvalue weighted by Crippen LogP contribution is -2.24. The van der Waals surface area contributed by atoms with E-state index in [4.69, 9.17) is 5.26 Å². The molecular weight excluding hydrogens is 154 g/mol. The predicted octanol–water partition coefficient (Wildman–Crippen LogP) is 0.0159. The summed E-state index contributed by atoms with van der Waals surface area (Å²) in [5, 5.41) is 13.8. The molecule has 0 aromatic rings. The number of nitrogens with one attached hydrogen (secondary N) is 2. The highest BCUT2D eigenvalue weighted by Gasteiger charge is 1.98. The minimum absolute atomic E-state index is 0.0282. The molecule has 0 fully saturated rings. The molecule has 1 amide bonds. The first-order valence-electron chi connectivity index (χ1n) is 4.09. The van der Waals surface area contributed by atoms with E-state index >= 15 is 0 Å². The Hall–Kier alpha value is -1.08. The number of nitriles is 1. The third-order valence-corrected chi connectivity index (χ3v) is 1.39. The molecule has 0 unspecified atom stereocenters. The Morgan fingerprint density at radius 1 is 1.50 bits per heavy atom. The fraction of sp³-hybridized carbons (Fsp3) is 0.750. The Morgan fingerprint density at radius 3 is 2.83 bits per heavy atom. The number of amides is 1. The van der Waals surface area contributed by atoms with Gasteiger partial charge in [0.1, 0.15) is 0 Å². The molecule has 0 heterocycles. The molecule has 0 radical (unpaired) electrons. The highest BCUT2D eigenvalue weighted by Crippen LogP contribution is 1.86. The normalized spacial score (nSPS) is 9.00. The number of hydrogen-bond acceptors (Lipinski definition) is 3. The average molecular weight is 169 g/mol. The topological polar surface area (TPSA) is 64.9 Å². The van der Waals surface area contributed by atoms with Gasteiger partial charge in [-0.3, -0.25) is 4.79 Å². The molecule has 0 saturated carbocycles. The van der Waals surface area contributed by atoms with Crippen LogP contribution in [0.3, 0.4) is 0 Å². The number of hydrogen-bond donors (Lipinski definition) is 2. The van der Waals surface area contributed by atoms with E-state index in [1.54, 1.807) is 0 Å². The minimum Gasteiger partial charge on any atom is -0.355 e. The maximum Gasteiger partial charge on any atom is 0.220 e. The van der Waals surface area contributed by atoms with E-state index in [1.807, 2.05) is 13.1 Å². The zero-order valence-corrected chi connectivity index (χ0v) is 7.39. The van der Waals surface area contributed by atoms with Crippen molar-refractivity contribution in [3.63, 3.8) is 0 Å².